The van der Waals surface area contributed by atoms with Crippen LogP contribution in [-0.4, -0.2) is 25.7 Å². The Bertz CT molecular complexity index is 632. The molecule has 0 saturated carbocycles. The van der Waals surface area contributed by atoms with Gasteiger partial charge >= 0.3 is 0 Å². The quantitative estimate of drug-likeness (QED) is 0.259. The molecule has 0 amide bonds. The minimum Gasteiger partial charge on any atom is -0.381 e. The average Bonchev–Trinajstić information content (AvgIpc) is 2.62. The summed E-state index contributed by atoms with van der Waals surface area (Å²) in [6.45, 7) is 4.24. The normalized spacial score (nSPS) is 11.0. The summed E-state index contributed by atoms with van der Waals surface area (Å²) in [4.78, 5) is 4.33. The highest BCUT2D eigenvalue weighted by Gasteiger charge is 1.97. The largest absolute Gasteiger partial charge is 0.381 e. The van der Waals surface area contributed by atoms with Gasteiger partial charge in [0.1, 0.15) is 0 Å². The van der Waals surface area contributed by atoms with Gasteiger partial charge in [-0.1, -0.05) is 49.4 Å². The maximum absolute atomic E-state index is 5.91. The van der Waals surface area contributed by atoms with Crippen LogP contribution in [-0.2, 0) is 17.6 Å². The highest BCUT2D eigenvalue weighted by Crippen LogP contribution is 2.10. The minimum absolute atomic E-state index is 0. The van der Waals surface area contributed by atoms with Gasteiger partial charge in [-0.15, -0.1) is 24.0 Å². The lowest BCUT2D eigenvalue weighted by Gasteiger charge is -2.07. The van der Waals surface area contributed by atoms with Crippen molar-refractivity contribution in [1.82, 2.24) is 0 Å². The van der Waals surface area contributed by atoms with Crippen LogP contribution in [0.4, 0.5) is 5.69 Å². The van der Waals surface area contributed by atoms with Crippen LogP contribution in [0.3, 0.4) is 0 Å². The van der Waals surface area contributed by atoms with Crippen molar-refractivity contribution in [3.05, 3.63) is 65.7 Å². The van der Waals surface area contributed by atoms with Gasteiger partial charge in [-0.05, 0) is 42.5 Å². The molecule has 0 heterocycles. The van der Waals surface area contributed by atoms with E-state index in [1.54, 1.807) is 0 Å². The molecule has 2 rings (SSSR count). The molecule has 136 valence electrons. The molecule has 0 fully saturated rings. The molecule has 0 saturated heterocycles. The molecule has 2 aromatic carbocycles. The molecule has 0 bridgehead atoms. The molecule has 3 N–H and O–H groups in total. The van der Waals surface area contributed by atoms with Gasteiger partial charge in [0.05, 0.1) is 6.61 Å². The first-order valence-electron chi connectivity index (χ1n) is 8.55. The zero-order valence-electron chi connectivity index (χ0n) is 14.8. The SMILES string of the molecule is CCc1cccc(NC(N)=NCCCOCCc2ccccc2)c1.I. The maximum Gasteiger partial charge on any atom is 0.193 e. The summed E-state index contributed by atoms with van der Waals surface area (Å²) in [5, 5.41) is 3.13. The molecule has 0 spiro atoms. The van der Waals surface area contributed by atoms with Gasteiger partial charge in [0.15, 0.2) is 5.96 Å². The first-order valence-corrected chi connectivity index (χ1v) is 8.55. The molecule has 0 unspecified atom stereocenters. The fourth-order valence-corrected chi connectivity index (χ4v) is 2.36. The number of aryl methyl sites for hydroxylation is 1. The van der Waals surface area contributed by atoms with E-state index in [1.807, 2.05) is 18.2 Å². The van der Waals surface area contributed by atoms with Gasteiger partial charge < -0.3 is 15.8 Å². The van der Waals surface area contributed by atoms with Gasteiger partial charge in [0.25, 0.3) is 0 Å². The van der Waals surface area contributed by atoms with Crippen molar-refractivity contribution in [2.45, 2.75) is 26.2 Å². The summed E-state index contributed by atoms with van der Waals surface area (Å²) in [6, 6.07) is 18.6. The summed E-state index contributed by atoms with van der Waals surface area (Å²) < 4.78 is 5.64. The molecule has 0 aliphatic carbocycles. The summed E-state index contributed by atoms with van der Waals surface area (Å²) in [6.07, 6.45) is 2.82. The van der Waals surface area contributed by atoms with Crippen LogP contribution in [0.15, 0.2) is 59.6 Å². The number of nitrogens with zero attached hydrogens (tertiary/aromatic N) is 1. The van der Waals surface area contributed by atoms with Crippen molar-refractivity contribution < 1.29 is 4.74 Å². The van der Waals surface area contributed by atoms with E-state index >= 15 is 0 Å². The number of hydrogen-bond acceptors (Lipinski definition) is 2. The number of rotatable bonds is 9. The third-order valence-electron chi connectivity index (χ3n) is 3.71. The molecule has 0 aliphatic rings. The van der Waals surface area contributed by atoms with Crippen LogP contribution in [0.1, 0.15) is 24.5 Å². The molecule has 0 aliphatic heterocycles. The third-order valence-corrected chi connectivity index (χ3v) is 3.71. The first-order chi connectivity index (χ1) is 11.8. The van der Waals surface area contributed by atoms with E-state index in [4.69, 9.17) is 10.5 Å². The van der Waals surface area contributed by atoms with Crippen LogP contribution in [0.5, 0.6) is 0 Å². The zero-order valence-corrected chi connectivity index (χ0v) is 17.1. The van der Waals surface area contributed by atoms with Crippen LogP contribution < -0.4 is 11.1 Å². The van der Waals surface area contributed by atoms with Crippen molar-refractivity contribution in [2.24, 2.45) is 10.7 Å². The minimum atomic E-state index is 0. The van der Waals surface area contributed by atoms with Crippen LogP contribution in [0.25, 0.3) is 0 Å². The number of anilines is 1. The molecule has 5 heteroatoms. The predicted molar refractivity (Wildman–Crippen MR) is 117 cm³/mol. The Hall–Kier alpha value is -1.60. The van der Waals surface area contributed by atoms with Gasteiger partial charge in [0.2, 0.25) is 0 Å². The van der Waals surface area contributed by atoms with E-state index < -0.39 is 0 Å². The summed E-state index contributed by atoms with van der Waals surface area (Å²) in [7, 11) is 0. The van der Waals surface area contributed by atoms with E-state index in [1.165, 1.54) is 11.1 Å². The highest BCUT2D eigenvalue weighted by molar-refractivity contribution is 14.0. The smallest absolute Gasteiger partial charge is 0.193 e. The fraction of sp³-hybridized carbons (Fsp3) is 0.350. The second kappa shape index (κ2) is 12.7. The van der Waals surface area contributed by atoms with Crippen molar-refractivity contribution in [1.29, 1.82) is 0 Å². The Labute approximate surface area is 167 Å². The predicted octanol–water partition coefficient (Wildman–Crippen LogP) is 4.24. The maximum atomic E-state index is 5.91. The number of hydrogen-bond donors (Lipinski definition) is 2. The summed E-state index contributed by atoms with van der Waals surface area (Å²) in [5.74, 6) is 0.451. The first kappa shape index (κ1) is 21.4. The van der Waals surface area contributed by atoms with Crippen LogP contribution in [0.2, 0.25) is 0 Å². The molecule has 4 nitrogen and oxygen atoms in total. The molecule has 2 aromatic rings. The molecule has 0 aromatic heterocycles. The summed E-state index contributed by atoms with van der Waals surface area (Å²) >= 11 is 0. The van der Waals surface area contributed by atoms with Gasteiger partial charge in [0, 0.05) is 18.8 Å². The van der Waals surface area contributed by atoms with E-state index in [2.05, 4.69) is 53.6 Å². The van der Waals surface area contributed by atoms with E-state index in [9.17, 15) is 0 Å². The fourth-order valence-electron chi connectivity index (χ4n) is 2.36. The average molecular weight is 453 g/mol. The van der Waals surface area contributed by atoms with Gasteiger partial charge in [-0.3, -0.25) is 4.99 Å². The topological polar surface area (TPSA) is 59.6 Å². The van der Waals surface area contributed by atoms with E-state index in [0.29, 0.717) is 19.1 Å². The van der Waals surface area contributed by atoms with Crippen molar-refractivity contribution in [3.63, 3.8) is 0 Å². The monoisotopic (exact) mass is 453 g/mol. The number of guanidine groups is 1. The number of nitrogens with two attached hydrogens (primary N) is 1. The van der Waals surface area contributed by atoms with Crippen molar-refractivity contribution in [2.75, 3.05) is 25.1 Å². The second-order valence-electron chi connectivity index (χ2n) is 5.65. The second-order valence-corrected chi connectivity index (χ2v) is 5.65. The Morgan fingerprint density at radius 2 is 1.80 bits per heavy atom. The lowest BCUT2D eigenvalue weighted by atomic mass is 10.1. The number of nitrogens with one attached hydrogen (secondary N) is 1. The molecule has 0 atom stereocenters. The lowest BCUT2D eigenvalue weighted by molar-refractivity contribution is 0.136. The molecule has 0 radical (unpaired) electrons. The Morgan fingerprint density at radius 3 is 2.56 bits per heavy atom. The molecule has 25 heavy (non-hydrogen) atoms. The van der Waals surface area contributed by atoms with Crippen LogP contribution in [0, 0.1) is 0 Å². The zero-order chi connectivity index (χ0) is 17.0. The van der Waals surface area contributed by atoms with Gasteiger partial charge in [-0.25, -0.2) is 0 Å². The third kappa shape index (κ3) is 8.88. The number of aliphatic imine (C=N–C) groups is 1. The number of ether oxygens (including phenoxy) is 1. The highest BCUT2D eigenvalue weighted by atomic mass is 127. The Morgan fingerprint density at radius 1 is 1.04 bits per heavy atom. The van der Waals surface area contributed by atoms with E-state index in [-0.39, 0.29) is 24.0 Å². The Balaban J connectivity index is 0.00000312. The van der Waals surface area contributed by atoms with Crippen LogP contribution >= 0.6 is 24.0 Å². The lowest BCUT2D eigenvalue weighted by Crippen LogP contribution is -2.23. The number of halogens is 1. The standard InChI is InChI=1S/C20H27N3O.HI/c1-2-17-10-6-11-19(16-17)23-20(21)22-13-7-14-24-15-12-18-8-4-3-5-9-18;/h3-6,8-11,16H,2,7,12-15H2,1H3,(H3,21,22,23);1H. The van der Waals surface area contributed by atoms with Crippen molar-refractivity contribution in [3.8, 4) is 0 Å². The molecular weight excluding hydrogens is 425 g/mol. The van der Waals surface area contributed by atoms with Gasteiger partial charge in [-0.2, -0.15) is 0 Å². The van der Waals surface area contributed by atoms with E-state index in [0.717, 1.165) is 31.6 Å². The van der Waals surface area contributed by atoms with Crippen molar-refractivity contribution >= 4 is 35.6 Å². The summed E-state index contributed by atoms with van der Waals surface area (Å²) in [5.41, 5.74) is 9.47. The molecular formula is C20H28IN3O. The number of benzene rings is 2. The Kier molecular flexibility index (Phi) is 10.9.